The summed E-state index contributed by atoms with van der Waals surface area (Å²) in [6.45, 7) is 3.52. The number of hydrogen-bond acceptors (Lipinski definition) is 4. The number of nitrogens with zero attached hydrogens (tertiary/aromatic N) is 3. The van der Waals surface area contributed by atoms with E-state index in [0.717, 1.165) is 54.4 Å². The summed E-state index contributed by atoms with van der Waals surface area (Å²) in [6, 6.07) is 15.7. The summed E-state index contributed by atoms with van der Waals surface area (Å²) in [5, 5.41) is 0.747. The van der Waals surface area contributed by atoms with Crippen molar-refractivity contribution in [3.05, 3.63) is 70.3 Å². The van der Waals surface area contributed by atoms with Crippen LogP contribution in [0.2, 0.25) is 0 Å². The Kier molecular flexibility index (Phi) is 5.88. The number of piperidine rings is 1. The maximum absolute atomic E-state index is 13.8. The van der Waals surface area contributed by atoms with Gasteiger partial charge in [-0.2, -0.15) is 0 Å². The van der Waals surface area contributed by atoms with Crippen molar-refractivity contribution in [1.29, 1.82) is 0 Å². The van der Waals surface area contributed by atoms with Crippen LogP contribution in [0.15, 0.2) is 53.3 Å². The SMILES string of the molecule is NC(c1nc2cccc(CCCN3CCCCC3)c2c(=O)n1-c1ccccc1)C1CC1. The van der Waals surface area contributed by atoms with E-state index in [4.69, 9.17) is 10.7 Å². The molecule has 1 atom stereocenters. The molecule has 1 aromatic heterocycles. The number of likely N-dealkylation sites (tertiary alicyclic amines) is 1. The van der Waals surface area contributed by atoms with E-state index in [9.17, 15) is 4.79 Å². The first kappa shape index (κ1) is 20.4. The van der Waals surface area contributed by atoms with E-state index in [-0.39, 0.29) is 11.6 Å². The van der Waals surface area contributed by atoms with E-state index in [1.807, 2.05) is 42.5 Å². The van der Waals surface area contributed by atoms with Crippen molar-refractivity contribution in [3.8, 4) is 5.69 Å². The minimum Gasteiger partial charge on any atom is -0.321 e. The third kappa shape index (κ3) is 4.30. The van der Waals surface area contributed by atoms with Gasteiger partial charge in [-0.25, -0.2) is 4.98 Å². The number of para-hydroxylation sites is 1. The fraction of sp³-hybridized carbons (Fsp3) is 0.462. The van der Waals surface area contributed by atoms with Crippen LogP contribution in [0.3, 0.4) is 0 Å². The molecule has 162 valence electrons. The number of aryl methyl sites for hydroxylation is 1. The largest absolute Gasteiger partial charge is 0.321 e. The quantitative estimate of drug-likeness (QED) is 0.627. The van der Waals surface area contributed by atoms with Crippen LogP contribution in [0.25, 0.3) is 16.6 Å². The first-order valence-electron chi connectivity index (χ1n) is 11.8. The lowest BCUT2D eigenvalue weighted by Crippen LogP contribution is -2.31. The topological polar surface area (TPSA) is 64.2 Å². The summed E-state index contributed by atoms with van der Waals surface area (Å²) in [5.41, 5.74) is 9.30. The summed E-state index contributed by atoms with van der Waals surface area (Å²) >= 11 is 0. The van der Waals surface area contributed by atoms with Crippen molar-refractivity contribution in [1.82, 2.24) is 14.5 Å². The van der Waals surface area contributed by atoms with Crippen LogP contribution in [0.4, 0.5) is 0 Å². The maximum atomic E-state index is 13.8. The summed E-state index contributed by atoms with van der Waals surface area (Å²) in [5.74, 6) is 1.11. The van der Waals surface area contributed by atoms with Gasteiger partial charge in [0.1, 0.15) is 5.82 Å². The molecular formula is C26H32N4O. The van der Waals surface area contributed by atoms with E-state index in [1.165, 1.54) is 32.4 Å². The molecule has 0 spiro atoms. The molecule has 2 heterocycles. The van der Waals surface area contributed by atoms with Gasteiger partial charge in [-0.3, -0.25) is 9.36 Å². The van der Waals surface area contributed by atoms with Crippen LogP contribution < -0.4 is 11.3 Å². The molecule has 2 N–H and O–H groups in total. The Morgan fingerprint density at radius 3 is 2.52 bits per heavy atom. The molecule has 31 heavy (non-hydrogen) atoms. The van der Waals surface area contributed by atoms with Crippen LogP contribution >= 0.6 is 0 Å². The molecule has 2 fully saturated rings. The minimum atomic E-state index is -0.208. The Labute approximate surface area is 183 Å². The lowest BCUT2D eigenvalue weighted by Gasteiger charge is -2.26. The summed E-state index contributed by atoms with van der Waals surface area (Å²) in [6.07, 6.45) is 8.16. The van der Waals surface area contributed by atoms with E-state index in [1.54, 1.807) is 4.57 Å². The van der Waals surface area contributed by atoms with E-state index >= 15 is 0 Å². The fourth-order valence-corrected chi connectivity index (χ4v) is 4.92. The maximum Gasteiger partial charge on any atom is 0.266 e. The summed E-state index contributed by atoms with van der Waals surface area (Å²) in [7, 11) is 0. The molecule has 5 heteroatoms. The van der Waals surface area contributed by atoms with Gasteiger partial charge in [0.05, 0.1) is 22.6 Å². The van der Waals surface area contributed by atoms with E-state index in [2.05, 4.69) is 11.0 Å². The van der Waals surface area contributed by atoms with Crippen molar-refractivity contribution in [2.24, 2.45) is 11.7 Å². The minimum absolute atomic E-state index is 0.0101. The second kappa shape index (κ2) is 8.93. The number of hydrogen-bond donors (Lipinski definition) is 1. The lowest BCUT2D eigenvalue weighted by molar-refractivity contribution is 0.226. The molecule has 1 unspecified atom stereocenters. The van der Waals surface area contributed by atoms with Crippen molar-refractivity contribution >= 4 is 10.9 Å². The van der Waals surface area contributed by atoms with Crippen molar-refractivity contribution < 1.29 is 0 Å². The van der Waals surface area contributed by atoms with Gasteiger partial charge in [-0.05, 0) is 87.8 Å². The fourth-order valence-electron chi connectivity index (χ4n) is 4.92. The molecule has 5 rings (SSSR count). The van der Waals surface area contributed by atoms with Gasteiger partial charge in [-0.1, -0.05) is 36.8 Å². The summed E-state index contributed by atoms with van der Waals surface area (Å²) in [4.78, 5) is 21.4. The Morgan fingerprint density at radius 2 is 1.77 bits per heavy atom. The average molecular weight is 417 g/mol. The highest BCUT2D eigenvalue weighted by Crippen LogP contribution is 2.39. The molecule has 1 saturated heterocycles. The highest BCUT2D eigenvalue weighted by molar-refractivity contribution is 5.82. The van der Waals surface area contributed by atoms with E-state index < -0.39 is 0 Å². The smallest absolute Gasteiger partial charge is 0.266 e. The highest BCUT2D eigenvalue weighted by Gasteiger charge is 2.33. The average Bonchev–Trinajstić information content (AvgIpc) is 3.65. The van der Waals surface area contributed by atoms with Gasteiger partial charge < -0.3 is 10.6 Å². The number of benzene rings is 2. The van der Waals surface area contributed by atoms with Crippen LogP contribution in [0.5, 0.6) is 0 Å². The normalized spacial score (nSPS) is 18.4. The standard InChI is InChI=1S/C26H32N4O/c27-24(20-14-15-20)25-28-22-13-7-9-19(10-8-18-29-16-5-2-6-17-29)23(22)26(31)30(25)21-11-3-1-4-12-21/h1,3-4,7,9,11-13,20,24H,2,5-6,8,10,14-18,27H2. The molecule has 1 saturated carbocycles. The van der Waals surface area contributed by atoms with Gasteiger partial charge in [-0.15, -0.1) is 0 Å². The molecule has 1 aliphatic heterocycles. The second-order valence-corrected chi connectivity index (χ2v) is 9.13. The second-order valence-electron chi connectivity index (χ2n) is 9.13. The molecule has 2 aliphatic rings. The third-order valence-corrected chi connectivity index (χ3v) is 6.82. The Bertz CT molecular complexity index is 1100. The molecular weight excluding hydrogens is 384 g/mol. The Morgan fingerprint density at radius 1 is 1.00 bits per heavy atom. The van der Waals surface area contributed by atoms with Crippen molar-refractivity contribution in [2.75, 3.05) is 19.6 Å². The van der Waals surface area contributed by atoms with Crippen molar-refractivity contribution in [2.45, 2.75) is 51.0 Å². The number of rotatable bonds is 7. The predicted octanol–water partition coefficient (Wildman–Crippen LogP) is 4.21. The molecule has 3 aromatic rings. The van der Waals surface area contributed by atoms with Crippen molar-refractivity contribution in [3.63, 3.8) is 0 Å². The van der Waals surface area contributed by atoms with E-state index in [0.29, 0.717) is 11.7 Å². The molecule has 0 bridgehead atoms. The monoisotopic (exact) mass is 416 g/mol. The Hall–Kier alpha value is -2.50. The van der Waals surface area contributed by atoms with Crippen LogP contribution in [0.1, 0.15) is 56.0 Å². The van der Waals surface area contributed by atoms with Gasteiger partial charge in [0.25, 0.3) is 5.56 Å². The predicted molar refractivity (Wildman–Crippen MR) is 126 cm³/mol. The van der Waals surface area contributed by atoms with Crippen LogP contribution in [-0.2, 0) is 6.42 Å². The van der Waals surface area contributed by atoms with Gasteiger partial charge >= 0.3 is 0 Å². The van der Waals surface area contributed by atoms with Gasteiger partial charge in [0.2, 0.25) is 0 Å². The van der Waals surface area contributed by atoms with Crippen LogP contribution in [0, 0.1) is 5.92 Å². The van der Waals surface area contributed by atoms with Gasteiger partial charge in [0.15, 0.2) is 0 Å². The molecule has 0 radical (unpaired) electrons. The molecule has 1 aliphatic carbocycles. The highest BCUT2D eigenvalue weighted by atomic mass is 16.1. The molecule has 0 amide bonds. The summed E-state index contributed by atoms with van der Waals surface area (Å²) < 4.78 is 1.76. The first-order chi connectivity index (χ1) is 15.2. The zero-order valence-corrected chi connectivity index (χ0v) is 18.2. The number of fused-ring (bicyclic) bond motifs is 1. The lowest BCUT2D eigenvalue weighted by atomic mass is 10.0. The number of aromatic nitrogens is 2. The molecule has 2 aromatic carbocycles. The Balaban J connectivity index is 1.53. The zero-order valence-electron chi connectivity index (χ0n) is 18.2. The first-order valence-corrected chi connectivity index (χ1v) is 11.8. The zero-order chi connectivity index (χ0) is 21.2. The van der Waals surface area contributed by atoms with Gasteiger partial charge in [0, 0.05) is 0 Å². The van der Waals surface area contributed by atoms with Crippen LogP contribution in [-0.4, -0.2) is 34.1 Å². The number of nitrogens with two attached hydrogens (primary N) is 1. The third-order valence-electron chi connectivity index (χ3n) is 6.82. The molecule has 5 nitrogen and oxygen atoms in total.